The zero-order valence-electron chi connectivity index (χ0n) is 19.5. The van der Waals surface area contributed by atoms with Crippen LogP contribution in [-0.4, -0.2) is 40.3 Å². The lowest BCUT2D eigenvalue weighted by molar-refractivity contribution is -0.385. The van der Waals surface area contributed by atoms with Crippen molar-refractivity contribution in [2.24, 2.45) is 0 Å². The smallest absolute Gasteiger partial charge is 0.338 e. The van der Waals surface area contributed by atoms with Gasteiger partial charge in [0.25, 0.3) is 5.91 Å². The second kappa shape index (κ2) is 10.5. The van der Waals surface area contributed by atoms with E-state index in [0.717, 1.165) is 22.9 Å². The molecule has 10 nitrogen and oxygen atoms in total. The monoisotopic (exact) mass is 486 g/mol. The Morgan fingerprint density at radius 2 is 1.75 bits per heavy atom. The Hall–Kier alpha value is -4.99. The molecule has 0 saturated carbocycles. The molecule has 0 aliphatic carbocycles. The normalized spacial score (nSPS) is 10.5. The van der Waals surface area contributed by atoms with E-state index in [2.05, 4.69) is 10.4 Å². The van der Waals surface area contributed by atoms with Crippen molar-refractivity contribution < 1.29 is 24.0 Å². The summed E-state index contributed by atoms with van der Waals surface area (Å²) in [6.45, 7) is 1.39. The predicted octanol–water partition coefficient (Wildman–Crippen LogP) is 4.56. The largest absolute Gasteiger partial charge is 0.490 e. The minimum Gasteiger partial charge on any atom is -0.490 e. The topological polar surface area (TPSA) is 126 Å². The Labute approximate surface area is 206 Å². The molecule has 0 spiro atoms. The molecule has 182 valence electrons. The van der Waals surface area contributed by atoms with Crippen molar-refractivity contribution in [3.8, 4) is 22.7 Å². The van der Waals surface area contributed by atoms with E-state index in [-0.39, 0.29) is 17.0 Å². The van der Waals surface area contributed by atoms with E-state index in [9.17, 15) is 19.7 Å². The number of nitrogens with zero attached hydrogens (tertiary/aromatic N) is 3. The van der Waals surface area contributed by atoms with Crippen LogP contribution in [0.1, 0.15) is 15.9 Å². The number of esters is 1. The summed E-state index contributed by atoms with van der Waals surface area (Å²) in [4.78, 5) is 35.6. The van der Waals surface area contributed by atoms with Crippen molar-refractivity contribution in [2.75, 3.05) is 19.0 Å². The number of nitro groups is 1. The zero-order chi connectivity index (χ0) is 25.7. The van der Waals surface area contributed by atoms with Crippen molar-refractivity contribution in [1.29, 1.82) is 0 Å². The highest BCUT2D eigenvalue weighted by atomic mass is 16.6. The molecule has 0 radical (unpaired) electrons. The summed E-state index contributed by atoms with van der Waals surface area (Å²) in [6, 6.07) is 22.5. The fourth-order valence-corrected chi connectivity index (χ4v) is 3.45. The van der Waals surface area contributed by atoms with Crippen LogP contribution in [0.2, 0.25) is 0 Å². The van der Waals surface area contributed by atoms with Gasteiger partial charge in [-0.25, -0.2) is 9.48 Å². The fraction of sp³-hybridized carbons (Fsp3) is 0.115. The number of nitrogens with one attached hydrogen (secondary N) is 1. The lowest BCUT2D eigenvalue weighted by Crippen LogP contribution is -2.22. The van der Waals surface area contributed by atoms with Gasteiger partial charge in [0.15, 0.2) is 12.4 Å². The van der Waals surface area contributed by atoms with Gasteiger partial charge in [0.05, 0.1) is 29.0 Å². The molecule has 0 bridgehead atoms. The van der Waals surface area contributed by atoms with Gasteiger partial charge >= 0.3 is 11.7 Å². The highest BCUT2D eigenvalue weighted by Gasteiger charge is 2.20. The zero-order valence-corrected chi connectivity index (χ0v) is 19.5. The van der Waals surface area contributed by atoms with Gasteiger partial charge in [0.2, 0.25) is 0 Å². The molecule has 0 atom stereocenters. The molecule has 0 unspecified atom stereocenters. The third-order valence-corrected chi connectivity index (χ3v) is 5.27. The van der Waals surface area contributed by atoms with Gasteiger partial charge < -0.3 is 14.8 Å². The number of aryl methyl sites for hydroxylation is 1. The van der Waals surface area contributed by atoms with E-state index in [4.69, 9.17) is 9.47 Å². The summed E-state index contributed by atoms with van der Waals surface area (Å²) in [5.74, 6) is -1.09. The lowest BCUT2D eigenvalue weighted by Gasteiger charge is -2.09. The van der Waals surface area contributed by atoms with Crippen LogP contribution in [0.4, 0.5) is 11.5 Å². The molecule has 3 aromatic carbocycles. The quantitative estimate of drug-likeness (QED) is 0.220. The number of methoxy groups -OCH3 is 1. The van der Waals surface area contributed by atoms with Gasteiger partial charge in [-0.05, 0) is 31.2 Å². The minimum atomic E-state index is -0.882. The summed E-state index contributed by atoms with van der Waals surface area (Å²) in [5.41, 5.74) is 2.90. The molecule has 1 heterocycles. The van der Waals surface area contributed by atoms with Crippen LogP contribution in [0.3, 0.4) is 0 Å². The molecule has 0 aliphatic rings. The Morgan fingerprint density at radius 1 is 1.03 bits per heavy atom. The van der Waals surface area contributed by atoms with Crippen LogP contribution in [-0.2, 0) is 9.53 Å². The van der Waals surface area contributed by atoms with E-state index in [1.54, 1.807) is 10.7 Å². The number of ether oxygens (including phenoxy) is 2. The highest BCUT2D eigenvalue weighted by molar-refractivity contribution is 5.96. The van der Waals surface area contributed by atoms with Gasteiger partial charge in [-0.3, -0.25) is 14.9 Å². The van der Waals surface area contributed by atoms with E-state index in [1.807, 2.05) is 61.5 Å². The van der Waals surface area contributed by atoms with Gasteiger partial charge in [0, 0.05) is 17.7 Å². The molecule has 1 aromatic heterocycles. The Morgan fingerprint density at radius 3 is 2.42 bits per heavy atom. The van der Waals surface area contributed by atoms with Crippen LogP contribution < -0.4 is 10.1 Å². The van der Waals surface area contributed by atoms with Crippen LogP contribution in [0, 0.1) is 17.0 Å². The first kappa shape index (κ1) is 24.1. The molecule has 4 rings (SSSR count). The molecule has 1 amide bonds. The van der Waals surface area contributed by atoms with Crippen LogP contribution in [0.5, 0.6) is 5.75 Å². The van der Waals surface area contributed by atoms with Crippen LogP contribution in [0.15, 0.2) is 78.9 Å². The maximum atomic E-state index is 12.6. The third-order valence-electron chi connectivity index (χ3n) is 5.27. The van der Waals surface area contributed by atoms with Gasteiger partial charge in [0.1, 0.15) is 5.82 Å². The molecular formula is C26H22N4O6. The van der Waals surface area contributed by atoms with Gasteiger partial charge in [-0.2, -0.15) is 5.10 Å². The molecule has 36 heavy (non-hydrogen) atoms. The molecule has 0 saturated heterocycles. The number of anilines is 1. The SMILES string of the molecule is COc1ccc(C(=O)OCC(=O)Nc2cc(-c3ccc(C)cc3)nn2-c2ccccc2)cc1[N+](=O)[O-]. The van der Waals surface area contributed by atoms with Crippen molar-refractivity contribution in [3.63, 3.8) is 0 Å². The van der Waals surface area contributed by atoms with Crippen molar-refractivity contribution in [3.05, 3.63) is 100 Å². The maximum absolute atomic E-state index is 12.6. The summed E-state index contributed by atoms with van der Waals surface area (Å²) < 4.78 is 11.6. The average molecular weight is 486 g/mol. The number of hydrogen-bond acceptors (Lipinski definition) is 7. The second-order valence-electron chi connectivity index (χ2n) is 7.80. The second-order valence-corrected chi connectivity index (χ2v) is 7.80. The summed E-state index contributed by atoms with van der Waals surface area (Å²) in [7, 11) is 1.29. The number of carbonyl (C=O) groups excluding carboxylic acids is 2. The first-order valence-electron chi connectivity index (χ1n) is 10.9. The van der Waals surface area contributed by atoms with E-state index in [0.29, 0.717) is 11.5 Å². The fourth-order valence-electron chi connectivity index (χ4n) is 3.45. The molecule has 1 N–H and O–H groups in total. The maximum Gasteiger partial charge on any atom is 0.338 e. The molecular weight excluding hydrogens is 464 g/mol. The van der Waals surface area contributed by atoms with E-state index >= 15 is 0 Å². The van der Waals surface area contributed by atoms with E-state index < -0.39 is 23.4 Å². The molecule has 0 fully saturated rings. The first-order chi connectivity index (χ1) is 17.4. The summed E-state index contributed by atoms with van der Waals surface area (Å²) in [5, 5.41) is 18.6. The number of rotatable bonds is 8. The number of para-hydroxylation sites is 1. The number of benzene rings is 3. The van der Waals surface area contributed by atoms with Crippen LogP contribution >= 0.6 is 0 Å². The van der Waals surface area contributed by atoms with Crippen molar-refractivity contribution in [2.45, 2.75) is 6.92 Å². The van der Waals surface area contributed by atoms with Gasteiger partial charge in [-0.15, -0.1) is 0 Å². The summed E-state index contributed by atoms with van der Waals surface area (Å²) >= 11 is 0. The number of nitro benzene ring substituents is 1. The van der Waals surface area contributed by atoms with Gasteiger partial charge in [-0.1, -0.05) is 48.0 Å². The number of hydrogen-bond donors (Lipinski definition) is 1. The lowest BCUT2D eigenvalue weighted by atomic mass is 10.1. The third kappa shape index (κ3) is 5.39. The number of aromatic nitrogens is 2. The standard InChI is InChI=1S/C26H22N4O6/c1-17-8-10-18(11-9-17)21-15-24(29(28-21)20-6-4-3-5-7-20)27-25(31)16-36-26(32)19-12-13-23(35-2)22(14-19)30(33)34/h3-15H,16H2,1-2H3,(H,27,31). The molecule has 0 aliphatic heterocycles. The average Bonchev–Trinajstić information content (AvgIpc) is 3.31. The first-order valence-corrected chi connectivity index (χ1v) is 10.9. The number of carbonyl (C=O) groups is 2. The Bertz CT molecular complexity index is 1410. The minimum absolute atomic E-state index is 0.00727. The number of amides is 1. The van der Waals surface area contributed by atoms with Crippen LogP contribution in [0.25, 0.3) is 16.9 Å². The Balaban J connectivity index is 1.51. The van der Waals surface area contributed by atoms with Crippen molar-refractivity contribution in [1.82, 2.24) is 9.78 Å². The molecule has 10 heteroatoms. The van der Waals surface area contributed by atoms with E-state index in [1.165, 1.54) is 19.2 Å². The Kier molecular flexibility index (Phi) is 7.05. The highest BCUT2D eigenvalue weighted by Crippen LogP contribution is 2.28. The summed E-state index contributed by atoms with van der Waals surface area (Å²) in [6.07, 6.45) is 0. The predicted molar refractivity (Wildman–Crippen MR) is 132 cm³/mol. The van der Waals surface area contributed by atoms with Crippen molar-refractivity contribution >= 4 is 23.4 Å². The molecule has 4 aromatic rings.